The number of hydrogen-bond donors (Lipinski definition) is 0. The second-order valence-electron chi connectivity index (χ2n) is 4.56. The zero-order valence-electron chi connectivity index (χ0n) is 11.9. The van der Waals surface area contributed by atoms with E-state index in [1.807, 2.05) is 6.92 Å². The molecule has 1 rings (SSSR count). The number of aryl methyl sites for hydroxylation is 1. The normalized spacial score (nSPS) is 12.3. The predicted octanol–water partition coefficient (Wildman–Crippen LogP) is 1.62. The molecule has 0 N–H and O–H groups in total. The Hall–Kier alpha value is -1.22. The van der Waals surface area contributed by atoms with Crippen LogP contribution in [0.25, 0.3) is 0 Å². The molecule has 0 aliphatic heterocycles. The molecule has 0 bridgehead atoms. The summed E-state index contributed by atoms with van der Waals surface area (Å²) in [5.41, 5.74) is 1.37. The Morgan fingerprint density at radius 3 is 2.19 bits per heavy atom. The molecular weight excluding hydrogens is 316 g/mol. The lowest BCUT2D eigenvalue weighted by molar-refractivity contribution is 0.305. The Morgan fingerprint density at radius 1 is 1.10 bits per heavy atom. The van der Waals surface area contributed by atoms with E-state index in [1.165, 1.54) is 12.1 Å². The van der Waals surface area contributed by atoms with Crippen molar-refractivity contribution in [3.63, 3.8) is 0 Å². The summed E-state index contributed by atoms with van der Waals surface area (Å²) in [6, 6.07) is 6.28. The van der Waals surface area contributed by atoms with E-state index in [2.05, 4.69) is 10.8 Å². The highest BCUT2D eigenvalue weighted by Gasteiger charge is 2.14. The molecule has 0 spiro atoms. The average Bonchev–Trinajstić information content (AvgIpc) is 2.36. The van der Waals surface area contributed by atoms with Gasteiger partial charge in [-0.3, -0.25) is 8.37 Å². The first-order valence-corrected chi connectivity index (χ1v) is 9.30. The second-order valence-corrected chi connectivity index (χ2v) is 7.81. The zero-order chi connectivity index (χ0) is 16.1. The maximum absolute atomic E-state index is 11.9. The van der Waals surface area contributed by atoms with Gasteiger partial charge in [0.05, 0.1) is 24.4 Å². The molecule has 0 aromatic heterocycles. The van der Waals surface area contributed by atoms with E-state index in [-0.39, 0.29) is 24.5 Å². The monoisotopic (exact) mass is 334 g/mol. The minimum atomic E-state index is -3.82. The van der Waals surface area contributed by atoms with Crippen molar-refractivity contribution in [3.05, 3.63) is 42.0 Å². The molecule has 0 saturated heterocycles. The molecule has 0 fully saturated rings. The summed E-state index contributed by atoms with van der Waals surface area (Å²) in [6.07, 6.45) is 1.11. The minimum Gasteiger partial charge on any atom is -0.266 e. The lowest BCUT2D eigenvalue weighted by atomic mass is 10.2. The third-order valence-electron chi connectivity index (χ3n) is 2.48. The highest BCUT2D eigenvalue weighted by atomic mass is 32.2. The van der Waals surface area contributed by atoms with Crippen LogP contribution in [0.3, 0.4) is 0 Å². The molecule has 0 saturated carbocycles. The Bertz CT molecular complexity index is 687. The zero-order valence-corrected chi connectivity index (χ0v) is 13.5. The van der Waals surface area contributed by atoms with Gasteiger partial charge < -0.3 is 0 Å². The molecule has 1 aromatic carbocycles. The molecule has 0 radical (unpaired) electrons. The summed E-state index contributed by atoms with van der Waals surface area (Å²) in [5.74, 6) is 0. The molecule has 8 heteroatoms. The lowest BCUT2D eigenvalue weighted by Gasteiger charge is -2.07. The summed E-state index contributed by atoms with van der Waals surface area (Å²) >= 11 is 0. The molecule has 1 aromatic rings. The first-order chi connectivity index (χ1) is 9.60. The SMILES string of the molecule is C=C(CCOS(=O)(=O)c1ccc(C)cc1)COS(C)(=O)=O. The van der Waals surface area contributed by atoms with E-state index in [0.717, 1.165) is 11.8 Å². The maximum Gasteiger partial charge on any atom is 0.296 e. The quantitative estimate of drug-likeness (QED) is 0.530. The van der Waals surface area contributed by atoms with Crippen LogP contribution in [-0.4, -0.2) is 36.3 Å². The van der Waals surface area contributed by atoms with Gasteiger partial charge in [0.25, 0.3) is 20.2 Å². The molecule has 0 amide bonds. The van der Waals surface area contributed by atoms with Gasteiger partial charge in [0.15, 0.2) is 0 Å². The first-order valence-electron chi connectivity index (χ1n) is 6.07. The van der Waals surface area contributed by atoms with Crippen LogP contribution in [0.15, 0.2) is 41.3 Å². The van der Waals surface area contributed by atoms with Gasteiger partial charge in [-0.15, -0.1) is 0 Å². The molecule has 0 aliphatic carbocycles. The molecule has 6 nitrogen and oxygen atoms in total. The van der Waals surface area contributed by atoms with Crippen LogP contribution in [0.1, 0.15) is 12.0 Å². The van der Waals surface area contributed by atoms with E-state index in [4.69, 9.17) is 4.18 Å². The van der Waals surface area contributed by atoms with Crippen molar-refractivity contribution in [3.8, 4) is 0 Å². The maximum atomic E-state index is 11.9. The third-order valence-corrected chi connectivity index (χ3v) is 4.35. The molecular formula is C13H18O6S2. The highest BCUT2D eigenvalue weighted by Crippen LogP contribution is 2.14. The van der Waals surface area contributed by atoms with Crippen LogP contribution in [0, 0.1) is 6.92 Å². The van der Waals surface area contributed by atoms with Crippen LogP contribution in [0.4, 0.5) is 0 Å². The smallest absolute Gasteiger partial charge is 0.266 e. The van der Waals surface area contributed by atoms with Crippen molar-refractivity contribution in [1.82, 2.24) is 0 Å². The van der Waals surface area contributed by atoms with E-state index in [0.29, 0.717) is 5.57 Å². The van der Waals surface area contributed by atoms with Crippen LogP contribution in [0.2, 0.25) is 0 Å². The van der Waals surface area contributed by atoms with Crippen molar-refractivity contribution >= 4 is 20.2 Å². The molecule has 0 atom stereocenters. The van der Waals surface area contributed by atoms with Crippen LogP contribution in [0.5, 0.6) is 0 Å². The highest BCUT2D eigenvalue weighted by molar-refractivity contribution is 7.86. The largest absolute Gasteiger partial charge is 0.296 e. The second kappa shape index (κ2) is 7.17. The van der Waals surface area contributed by atoms with Gasteiger partial charge in [0.2, 0.25) is 0 Å². The molecule has 0 aliphatic rings. The minimum absolute atomic E-state index is 0.0751. The van der Waals surface area contributed by atoms with Crippen LogP contribution < -0.4 is 0 Å². The summed E-state index contributed by atoms with van der Waals surface area (Å²) in [5, 5.41) is 0. The van der Waals surface area contributed by atoms with Gasteiger partial charge in [-0.05, 0) is 31.1 Å². The van der Waals surface area contributed by atoms with E-state index < -0.39 is 20.2 Å². The number of hydrogen-bond acceptors (Lipinski definition) is 6. The van der Waals surface area contributed by atoms with Crippen molar-refractivity contribution in [2.75, 3.05) is 19.5 Å². The summed E-state index contributed by atoms with van der Waals surface area (Å²) in [7, 11) is -7.36. The third kappa shape index (κ3) is 6.85. The van der Waals surface area contributed by atoms with Gasteiger partial charge in [0, 0.05) is 0 Å². The van der Waals surface area contributed by atoms with Gasteiger partial charge in [-0.1, -0.05) is 24.3 Å². The topological polar surface area (TPSA) is 86.7 Å². The molecule has 21 heavy (non-hydrogen) atoms. The van der Waals surface area contributed by atoms with Gasteiger partial charge in [-0.25, -0.2) is 0 Å². The van der Waals surface area contributed by atoms with E-state index >= 15 is 0 Å². The predicted molar refractivity (Wildman–Crippen MR) is 78.9 cm³/mol. The fourth-order valence-corrected chi connectivity index (χ4v) is 2.62. The van der Waals surface area contributed by atoms with Crippen molar-refractivity contribution < 1.29 is 25.2 Å². The first kappa shape index (κ1) is 17.8. The number of rotatable bonds is 8. The van der Waals surface area contributed by atoms with Crippen LogP contribution in [-0.2, 0) is 28.6 Å². The average molecular weight is 334 g/mol. The number of benzene rings is 1. The molecule has 0 unspecified atom stereocenters. The van der Waals surface area contributed by atoms with Crippen molar-refractivity contribution in [2.45, 2.75) is 18.2 Å². The summed E-state index contributed by atoms with van der Waals surface area (Å²) < 4.78 is 54.7. The van der Waals surface area contributed by atoms with Gasteiger partial charge in [0.1, 0.15) is 0 Å². The summed E-state index contributed by atoms with van der Waals surface area (Å²) in [4.78, 5) is 0.0751. The Kier molecular flexibility index (Phi) is 6.09. The Morgan fingerprint density at radius 2 is 1.67 bits per heavy atom. The van der Waals surface area contributed by atoms with E-state index in [1.54, 1.807) is 12.1 Å². The fourth-order valence-electron chi connectivity index (χ4n) is 1.33. The fraction of sp³-hybridized carbons (Fsp3) is 0.385. The van der Waals surface area contributed by atoms with Crippen molar-refractivity contribution in [1.29, 1.82) is 0 Å². The standard InChI is InChI=1S/C13H18O6S2/c1-11-4-6-13(7-5-11)21(16,17)18-9-8-12(2)10-19-20(3,14)15/h4-7H,2,8-10H2,1,3H3. The lowest BCUT2D eigenvalue weighted by Crippen LogP contribution is -2.10. The Balaban J connectivity index is 2.48. The molecule has 0 heterocycles. The van der Waals surface area contributed by atoms with Gasteiger partial charge in [-0.2, -0.15) is 16.8 Å². The van der Waals surface area contributed by atoms with E-state index in [9.17, 15) is 16.8 Å². The molecule has 118 valence electrons. The van der Waals surface area contributed by atoms with Crippen LogP contribution >= 0.6 is 0 Å². The van der Waals surface area contributed by atoms with Gasteiger partial charge >= 0.3 is 0 Å². The van der Waals surface area contributed by atoms with Crippen molar-refractivity contribution in [2.24, 2.45) is 0 Å². The summed E-state index contributed by atoms with van der Waals surface area (Å²) in [6.45, 7) is 5.14. The Labute approximate surface area is 125 Å².